The van der Waals surface area contributed by atoms with Crippen molar-refractivity contribution in [3.8, 4) is 0 Å². The molecular formula is C15H18N2O4. The largest absolute Gasteiger partial charge is 0.480 e. The van der Waals surface area contributed by atoms with Crippen molar-refractivity contribution in [3.05, 3.63) is 35.4 Å². The van der Waals surface area contributed by atoms with Crippen LogP contribution in [-0.2, 0) is 22.6 Å². The molecule has 6 heteroatoms. The maximum Gasteiger partial charge on any atom is 0.329 e. The van der Waals surface area contributed by atoms with Gasteiger partial charge >= 0.3 is 12.0 Å². The van der Waals surface area contributed by atoms with E-state index in [0.717, 1.165) is 0 Å². The Morgan fingerprint density at radius 3 is 2.29 bits per heavy atom. The van der Waals surface area contributed by atoms with Crippen molar-refractivity contribution >= 4 is 12.0 Å². The third kappa shape index (κ3) is 2.71. The maximum absolute atomic E-state index is 12.4. The number of ether oxygens (including phenoxy) is 1. The SMILES string of the molecule is CC1(OCC(=O)O)CN(C(=O)N2Cc3ccccc3C2)C1. The summed E-state index contributed by atoms with van der Waals surface area (Å²) < 4.78 is 5.32. The highest BCUT2D eigenvalue weighted by Crippen LogP contribution is 2.29. The van der Waals surface area contributed by atoms with E-state index >= 15 is 0 Å². The molecule has 0 unspecified atom stereocenters. The summed E-state index contributed by atoms with van der Waals surface area (Å²) in [5, 5.41) is 8.63. The van der Waals surface area contributed by atoms with Crippen LogP contribution in [-0.4, -0.2) is 52.2 Å². The Labute approximate surface area is 122 Å². The first-order valence-electron chi connectivity index (χ1n) is 6.93. The van der Waals surface area contributed by atoms with Gasteiger partial charge in [-0.05, 0) is 18.1 Å². The molecule has 1 aromatic carbocycles. The zero-order valence-electron chi connectivity index (χ0n) is 11.9. The van der Waals surface area contributed by atoms with Crippen molar-refractivity contribution in [1.29, 1.82) is 0 Å². The van der Waals surface area contributed by atoms with Crippen LogP contribution < -0.4 is 0 Å². The lowest BCUT2D eigenvalue weighted by Gasteiger charge is -2.48. The summed E-state index contributed by atoms with van der Waals surface area (Å²) in [5.41, 5.74) is 1.84. The van der Waals surface area contributed by atoms with E-state index < -0.39 is 11.6 Å². The van der Waals surface area contributed by atoms with Gasteiger partial charge in [0.15, 0.2) is 0 Å². The highest BCUT2D eigenvalue weighted by Gasteiger charge is 2.44. The molecule has 2 heterocycles. The first-order valence-corrected chi connectivity index (χ1v) is 6.93. The highest BCUT2D eigenvalue weighted by atomic mass is 16.5. The van der Waals surface area contributed by atoms with Crippen LogP contribution in [0.15, 0.2) is 24.3 Å². The van der Waals surface area contributed by atoms with E-state index in [0.29, 0.717) is 26.2 Å². The van der Waals surface area contributed by atoms with Crippen LogP contribution in [0.2, 0.25) is 0 Å². The number of carbonyl (C=O) groups is 2. The van der Waals surface area contributed by atoms with Crippen molar-refractivity contribution in [2.75, 3.05) is 19.7 Å². The Morgan fingerprint density at radius 1 is 1.19 bits per heavy atom. The predicted octanol–water partition coefficient (Wildman–Crippen LogP) is 1.30. The minimum Gasteiger partial charge on any atom is -0.480 e. The number of aliphatic carboxylic acids is 1. The van der Waals surface area contributed by atoms with Gasteiger partial charge in [-0.25, -0.2) is 9.59 Å². The van der Waals surface area contributed by atoms with E-state index in [1.165, 1.54) is 11.1 Å². The number of carbonyl (C=O) groups excluding carboxylic acids is 1. The summed E-state index contributed by atoms with van der Waals surface area (Å²) in [6.07, 6.45) is 0. The minimum absolute atomic E-state index is 0.0115. The second kappa shape index (κ2) is 5.04. The molecule has 6 nitrogen and oxygen atoms in total. The molecular weight excluding hydrogens is 272 g/mol. The summed E-state index contributed by atoms with van der Waals surface area (Å²) in [6, 6.07) is 8.03. The molecule has 2 aliphatic heterocycles. The summed E-state index contributed by atoms with van der Waals surface area (Å²) in [6.45, 7) is 3.65. The molecule has 1 N–H and O–H groups in total. The summed E-state index contributed by atoms with van der Waals surface area (Å²) in [5.74, 6) is -0.990. The first-order chi connectivity index (χ1) is 9.97. The van der Waals surface area contributed by atoms with Crippen molar-refractivity contribution in [3.63, 3.8) is 0 Å². The van der Waals surface area contributed by atoms with Gasteiger partial charge in [-0.2, -0.15) is 0 Å². The van der Waals surface area contributed by atoms with E-state index in [2.05, 4.69) is 0 Å². The van der Waals surface area contributed by atoms with Crippen LogP contribution in [0.4, 0.5) is 4.79 Å². The smallest absolute Gasteiger partial charge is 0.329 e. The Hall–Kier alpha value is -2.08. The Bertz CT molecular complexity index is 556. The van der Waals surface area contributed by atoms with Crippen molar-refractivity contribution in [2.24, 2.45) is 0 Å². The average molecular weight is 290 g/mol. The molecule has 1 aromatic rings. The van der Waals surface area contributed by atoms with Gasteiger partial charge in [0, 0.05) is 13.1 Å². The average Bonchev–Trinajstić information content (AvgIpc) is 2.85. The summed E-state index contributed by atoms with van der Waals surface area (Å²) >= 11 is 0. The molecule has 0 aromatic heterocycles. The van der Waals surface area contributed by atoms with Gasteiger partial charge in [0.25, 0.3) is 0 Å². The minimum atomic E-state index is -0.990. The van der Waals surface area contributed by atoms with E-state index in [1.807, 2.05) is 31.2 Å². The molecule has 0 bridgehead atoms. The molecule has 0 aliphatic carbocycles. The normalized spacial score (nSPS) is 19.1. The molecule has 21 heavy (non-hydrogen) atoms. The van der Waals surface area contributed by atoms with Crippen LogP contribution >= 0.6 is 0 Å². The number of hydrogen-bond acceptors (Lipinski definition) is 3. The van der Waals surface area contributed by atoms with Gasteiger partial charge < -0.3 is 19.6 Å². The second-order valence-corrected chi connectivity index (χ2v) is 5.90. The number of likely N-dealkylation sites (tertiary alicyclic amines) is 1. The standard InChI is InChI=1S/C15H18N2O4/c1-15(21-8-13(18)19)9-17(10-15)14(20)16-6-11-4-2-3-5-12(11)7-16/h2-5H,6-10H2,1H3,(H,18,19). The lowest BCUT2D eigenvalue weighted by molar-refractivity contribution is -0.160. The summed E-state index contributed by atoms with van der Waals surface area (Å²) in [4.78, 5) is 26.4. The number of rotatable bonds is 3. The molecule has 2 amide bonds. The van der Waals surface area contributed by atoms with E-state index in [-0.39, 0.29) is 12.6 Å². The van der Waals surface area contributed by atoms with Crippen LogP contribution in [0, 0.1) is 0 Å². The zero-order valence-corrected chi connectivity index (χ0v) is 11.9. The molecule has 1 fully saturated rings. The van der Waals surface area contributed by atoms with E-state index in [9.17, 15) is 9.59 Å². The van der Waals surface area contributed by atoms with Crippen molar-refractivity contribution in [2.45, 2.75) is 25.6 Å². The van der Waals surface area contributed by atoms with Crippen LogP contribution in [0.3, 0.4) is 0 Å². The number of hydrogen-bond donors (Lipinski definition) is 1. The first kappa shape index (κ1) is 13.9. The number of carboxylic acid groups (broad SMARTS) is 1. The van der Waals surface area contributed by atoms with E-state index in [4.69, 9.17) is 9.84 Å². The van der Waals surface area contributed by atoms with Crippen LogP contribution in [0.1, 0.15) is 18.1 Å². The quantitative estimate of drug-likeness (QED) is 0.911. The zero-order chi connectivity index (χ0) is 15.0. The third-order valence-corrected chi connectivity index (χ3v) is 3.98. The molecule has 0 radical (unpaired) electrons. The van der Waals surface area contributed by atoms with Gasteiger partial charge in [0.05, 0.1) is 13.1 Å². The second-order valence-electron chi connectivity index (χ2n) is 5.90. The number of benzene rings is 1. The number of amides is 2. The van der Waals surface area contributed by atoms with Gasteiger partial charge in [0.2, 0.25) is 0 Å². The Kier molecular flexibility index (Phi) is 3.33. The molecule has 112 valence electrons. The van der Waals surface area contributed by atoms with Gasteiger partial charge in [0.1, 0.15) is 12.2 Å². The van der Waals surface area contributed by atoms with Crippen LogP contribution in [0.25, 0.3) is 0 Å². The molecule has 0 spiro atoms. The number of fused-ring (bicyclic) bond motifs is 1. The Balaban J connectivity index is 1.54. The number of nitrogens with zero attached hydrogens (tertiary/aromatic N) is 2. The van der Waals surface area contributed by atoms with Crippen molar-refractivity contribution in [1.82, 2.24) is 9.80 Å². The molecule has 3 rings (SSSR count). The summed E-state index contributed by atoms with van der Waals surface area (Å²) in [7, 11) is 0. The van der Waals surface area contributed by atoms with Gasteiger partial charge in [-0.1, -0.05) is 24.3 Å². The molecule has 0 saturated carbocycles. The highest BCUT2D eigenvalue weighted by molar-refractivity contribution is 5.76. The molecule has 1 saturated heterocycles. The third-order valence-electron chi connectivity index (χ3n) is 3.98. The van der Waals surface area contributed by atoms with Crippen molar-refractivity contribution < 1.29 is 19.4 Å². The van der Waals surface area contributed by atoms with Crippen LogP contribution in [0.5, 0.6) is 0 Å². The molecule has 0 atom stereocenters. The van der Waals surface area contributed by atoms with E-state index in [1.54, 1.807) is 9.80 Å². The fraction of sp³-hybridized carbons (Fsp3) is 0.467. The molecule has 2 aliphatic rings. The lowest BCUT2D eigenvalue weighted by Crippen LogP contribution is -2.65. The van der Waals surface area contributed by atoms with Gasteiger partial charge in [-0.3, -0.25) is 0 Å². The maximum atomic E-state index is 12.4. The monoisotopic (exact) mass is 290 g/mol. The Morgan fingerprint density at radius 2 is 1.76 bits per heavy atom. The lowest BCUT2D eigenvalue weighted by atomic mass is 9.97. The van der Waals surface area contributed by atoms with Gasteiger partial charge in [-0.15, -0.1) is 0 Å². The number of carboxylic acids is 1. The number of urea groups is 1. The fourth-order valence-corrected chi connectivity index (χ4v) is 2.89. The fourth-order valence-electron chi connectivity index (χ4n) is 2.89. The topological polar surface area (TPSA) is 70.1 Å². The predicted molar refractivity (Wildman–Crippen MR) is 74.7 cm³/mol.